The second-order valence-electron chi connectivity index (χ2n) is 3.09. The number of hydrogen-bond acceptors (Lipinski definition) is 3. The Kier molecular flexibility index (Phi) is 2.63. The van der Waals surface area contributed by atoms with Crippen molar-refractivity contribution in [2.75, 3.05) is 0 Å². The molecular weight excluding hydrogens is 194 g/mol. The molecule has 1 aromatic rings. The maximum Gasteiger partial charge on any atom is 0.305 e. The number of rotatable bonds is 3. The number of carboxylic acid groups (broad SMARTS) is 1. The van der Waals surface area contributed by atoms with E-state index in [1.165, 1.54) is 6.07 Å². The minimum atomic E-state index is -1.01. The molecule has 1 aromatic heterocycles. The second kappa shape index (κ2) is 3.40. The van der Waals surface area contributed by atoms with Crippen molar-refractivity contribution in [2.24, 2.45) is 5.73 Å². The predicted octanol–water partition coefficient (Wildman–Crippen LogP) is 1.58. The van der Waals surface area contributed by atoms with E-state index >= 15 is 0 Å². The monoisotopic (exact) mass is 203 g/mol. The van der Waals surface area contributed by atoms with Gasteiger partial charge in [0.15, 0.2) is 5.22 Å². The molecule has 0 aromatic carbocycles. The summed E-state index contributed by atoms with van der Waals surface area (Å²) >= 11 is 5.53. The number of carbonyl (C=O) groups is 1. The summed E-state index contributed by atoms with van der Waals surface area (Å²) in [4.78, 5) is 10.4. The number of furan rings is 1. The van der Waals surface area contributed by atoms with Gasteiger partial charge in [-0.1, -0.05) is 0 Å². The predicted molar refractivity (Wildman–Crippen MR) is 47.5 cm³/mol. The first-order valence-electron chi connectivity index (χ1n) is 3.68. The summed E-state index contributed by atoms with van der Waals surface area (Å²) in [5, 5.41) is 8.77. The van der Waals surface area contributed by atoms with Crippen LogP contribution in [0, 0.1) is 0 Å². The fraction of sp³-hybridized carbons (Fsp3) is 0.375. The van der Waals surface area contributed by atoms with Gasteiger partial charge in [0.1, 0.15) is 5.76 Å². The van der Waals surface area contributed by atoms with Crippen LogP contribution in [-0.2, 0) is 10.3 Å². The Hall–Kier alpha value is -1.00. The molecular formula is C8H10ClNO3. The van der Waals surface area contributed by atoms with E-state index in [0.29, 0.717) is 5.76 Å². The van der Waals surface area contributed by atoms with Gasteiger partial charge in [0, 0.05) is 0 Å². The Morgan fingerprint density at radius 1 is 1.77 bits per heavy atom. The molecule has 0 spiro atoms. The van der Waals surface area contributed by atoms with Gasteiger partial charge in [0.25, 0.3) is 0 Å². The number of nitrogens with two attached hydrogens (primary N) is 1. The Morgan fingerprint density at radius 2 is 2.38 bits per heavy atom. The zero-order valence-electron chi connectivity index (χ0n) is 7.08. The van der Waals surface area contributed by atoms with E-state index in [4.69, 9.17) is 26.9 Å². The number of aliphatic carboxylic acids is 1. The lowest BCUT2D eigenvalue weighted by molar-refractivity contribution is -0.138. The van der Waals surface area contributed by atoms with E-state index in [1.54, 1.807) is 13.0 Å². The van der Waals surface area contributed by atoms with Crippen LogP contribution >= 0.6 is 11.6 Å². The van der Waals surface area contributed by atoms with Crippen molar-refractivity contribution < 1.29 is 14.3 Å². The summed E-state index contributed by atoms with van der Waals surface area (Å²) in [7, 11) is 0. The smallest absolute Gasteiger partial charge is 0.305 e. The topological polar surface area (TPSA) is 76.5 Å². The Labute approximate surface area is 80.3 Å². The van der Waals surface area contributed by atoms with Crippen LogP contribution in [0.3, 0.4) is 0 Å². The van der Waals surface area contributed by atoms with Crippen molar-refractivity contribution >= 4 is 17.6 Å². The molecule has 0 radical (unpaired) electrons. The Balaban J connectivity index is 2.86. The van der Waals surface area contributed by atoms with Crippen LogP contribution in [0.1, 0.15) is 19.1 Å². The quantitative estimate of drug-likeness (QED) is 0.782. The summed E-state index contributed by atoms with van der Waals surface area (Å²) in [6, 6.07) is 3.11. The molecule has 1 atom stereocenters. The molecule has 0 fully saturated rings. The molecule has 13 heavy (non-hydrogen) atoms. The third-order valence-corrected chi connectivity index (χ3v) is 1.86. The van der Waals surface area contributed by atoms with Crippen LogP contribution in [0.25, 0.3) is 0 Å². The number of carboxylic acids is 1. The molecule has 3 N–H and O–H groups in total. The second-order valence-corrected chi connectivity index (χ2v) is 3.46. The highest BCUT2D eigenvalue weighted by atomic mass is 35.5. The molecule has 0 aliphatic carbocycles. The molecule has 0 aliphatic heterocycles. The largest absolute Gasteiger partial charge is 0.481 e. The van der Waals surface area contributed by atoms with Gasteiger partial charge in [-0.05, 0) is 30.7 Å². The van der Waals surface area contributed by atoms with Crippen LogP contribution in [0.15, 0.2) is 16.5 Å². The lowest BCUT2D eigenvalue weighted by Crippen LogP contribution is -2.35. The van der Waals surface area contributed by atoms with E-state index in [0.717, 1.165) is 0 Å². The van der Waals surface area contributed by atoms with Crippen molar-refractivity contribution in [3.05, 3.63) is 23.1 Å². The van der Waals surface area contributed by atoms with Gasteiger partial charge in [0.2, 0.25) is 0 Å². The van der Waals surface area contributed by atoms with Gasteiger partial charge in [0.05, 0.1) is 12.0 Å². The van der Waals surface area contributed by atoms with Crippen LogP contribution < -0.4 is 5.73 Å². The molecule has 0 saturated carbocycles. The minimum absolute atomic E-state index is 0.198. The Bertz CT molecular complexity index is 319. The van der Waals surface area contributed by atoms with Crippen molar-refractivity contribution in [3.63, 3.8) is 0 Å². The molecule has 4 nitrogen and oxygen atoms in total. The summed E-state index contributed by atoms with van der Waals surface area (Å²) in [6.07, 6.45) is -0.198. The maximum atomic E-state index is 10.4. The summed E-state index contributed by atoms with van der Waals surface area (Å²) in [5.41, 5.74) is 4.70. The minimum Gasteiger partial charge on any atom is -0.481 e. The summed E-state index contributed by atoms with van der Waals surface area (Å²) in [6.45, 7) is 1.58. The molecule has 0 aliphatic rings. The van der Waals surface area contributed by atoms with Gasteiger partial charge in [-0.15, -0.1) is 0 Å². The van der Waals surface area contributed by atoms with Gasteiger partial charge in [-0.2, -0.15) is 0 Å². The van der Waals surface area contributed by atoms with Crippen molar-refractivity contribution in [3.8, 4) is 0 Å². The van der Waals surface area contributed by atoms with Gasteiger partial charge >= 0.3 is 5.97 Å². The third kappa shape index (κ3) is 2.47. The lowest BCUT2D eigenvalue weighted by atomic mass is 9.96. The van der Waals surface area contributed by atoms with Crippen LogP contribution in [-0.4, -0.2) is 11.1 Å². The summed E-state index contributed by atoms with van der Waals surface area (Å²) < 4.78 is 5.03. The molecule has 5 heteroatoms. The molecule has 0 saturated heterocycles. The fourth-order valence-corrected chi connectivity index (χ4v) is 1.17. The van der Waals surface area contributed by atoms with E-state index in [1.807, 2.05) is 0 Å². The fourth-order valence-electron chi connectivity index (χ4n) is 1.02. The number of hydrogen-bond donors (Lipinski definition) is 2. The van der Waals surface area contributed by atoms with Gasteiger partial charge in [-0.25, -0.2) is 0 Å². The molecule has 0 bridgehead atoms. The van der Waals surface area contributed by atoms with Crippen molar-refractivity contribution in [2.45, 2.75) is 18.9 Å². The molecule has 0 amide bonds. The maximum absolute atomic E-state index is 10.4. The zero-order chi connectivity index (χ0) is 10.1. The average molecular weight is 204 g/mol. The van der Waals surface area contributed by atoms with Crippen LogP contribution in [0.2, 0.25) is 5.22 Å². The summed E-state index contributed by atoms with van der Waals surface area (Å²) in [5.74, 6) is -0.600. The van der Waals surface area contributed by atoms with Crippen molar-refractivity contribution in [1.82, 2.24) is 0 Å². The highest BCUT2D eigenvalue weighted by Gasteiger charge is 2.28. The molecule has 1 rings (SSSR count). The lowest BCUT2D eigenvalue weighted by Gasteiger charge is -2.18. The van der Waals surface area contributed by atoms with E-state index in [-0.39, 0.29) is 11.6 Å². The first kappa shape index (κ1) is 10.1. The highest BCUT2D eigenvalue weighted by Crippen LogP contribution is 2.25. The number of halogens is 1. The van der Waals surface area contributed by atoms with Gasteiger partial charge in [-0.3, -0.25) is 4.79 Å². The Morgan fingerprint density at radius 3 is 2.77 bits per heavy atom. The van der Waals surface area contributed by atoms with Crippen LogP contribution in [0.4, 0.5) is 0 Å². The van der Waals surface area contributed by atoms with Crippen LogP contribution in [0.5, 0.6) is 0 Å². The van der Waals surface area contributed by atoms with Gasteiger partial charge < -0.3 is 15.3 Å². The van der Waals surface area contributed by atoms with E-state index in [2.05, 4.69) is 0 Å². The average Bonchev–Trinajstić information content (AvgIpc) is 2.32. The normalized spacial score (nSPS) is 15.3. The standard InChI is InChI=1S/C8H10ClNO3/c1-8(10,4-7(11)12)5-2-3-6(9)13-5/h2-3H,4,10H2,1H3,(H,11,12). The SMILES string of the molecule is CC(N)(CC(=O)O)c1ccc(Cl)o1. The molecule has 1 unspecified atom stereocenters. The first-order chi connectivity index (χ1) is 5.92. The van der Waals surface area contributed by atoms with E-state index < -0.39 is 11.5 Å². The van der Waals surface area contributed by atoms with E-state index in [9.17, 15) is 4.79 Å². The zero-order valence-corrected chi connectivity index (χ0v) is 7.84. The van der Waals surface area contributed by atoms with Crippen molar-refractivity contribution in [1.29, 1.82) is 0 Å². The molecule has 72 valence electrons. The molecule has 1 heterocycles. The first-order valence-corrected chi connectivity index (χ1v) is 4.06. The highest BCUT2D eigenvalue weighted by molar-refractivity contribution is 6.28. The third-order valence-electron chi connectivity index (χ3n) is 1.65.